The van der Waals surface area contributed by atoms with Crippen LogP contribution in [0.5, 0.6) is 0 Å². The maximum atomic E-state index is 12.6. The Balaban J connectivity index is 4.20. The van der Waals surface area contributed by atoms with Crippen LogP contribution in [0, 0.1) is 0 Å². The van der Waals surface area contributed by atoms with E-state index in [1.54, 1.807) is 0 Å². The van der Waals surface area contributed by atoms with Crippen LogP contribution in [0.2, 0.25) is 0 Å². The molecule has 0 saturated carbocycles. The van der Waals surface area contributed by atoms with Crippen LogP contribution in [0.25, 0.3) is 0 Å². The number of carbonyl (C=O) groups excluding carboxylic acids is 2. The summed E-state index contributed by atoms with van der Waals surface area (Å²) in [5, 5.41) is 18.4. The Kier molecular flexibility index (Phi) is 41.9. The van der Waals surface area contributed by atoms with Crippen LogP contribution in [0.15, 0.2) is 12.2 Å². The molecule has 11 heteroatoms. The number of hydrogen-bond acceptors (Lipinski definition) is 9. The Morgan fingerprint density at radius 1 is 0.509 bits per heavy atom. The van der Waals surface area contributed by atoms with Gasteiger partial charge in [-0.1, -0.05) is 193 Å². The van der Waals surface area contributed by atoms with Crippen molar-refractivity contribution < 1.29 is 47.8 Å². The SMILES string of the molecule is CCCCCC/C=C/CCCCCCCCCC(=O)OC[C@H](COP(=O)(O)OC[C@@H](O)CO)OC(=O)CCCCCCCCCCCCCCCCCCCCC. The highest BCUT2D eigenvalue weighted by Gasteiger charge is 2.27. The smallest absolute Gasteiger partial charge is 0.462 e. The second kappa shape index (κ2) is 42.8. The summed E-state index contributed by atoms with van der Waals surface area (Å²) in [6, 6.07) is 0. The molecule has 0 aliphatic heterocycles. The van der Waals surface area contributed by atoms with Crippen molar-refractivity contribution in [1.29, 1.82) is 0 Å². The minimum absolute atomic E-state index is 0.190. The third-order valence-corrected chi connectivity index (χ3v) is 11.4. The Labute approximate surface area is 349 Å². The largest absolute Gasteiger partial charge is 0.472 e. The number of allylic oxidation sites excluding steroid dienone is 2. The molecule has 0 aliphatic rings. The molecule has 0 fully saturated rings. The second-order valence-electron chi connectivity index (χ2n) is 16.1. The van der Waals surface area contributed by atoms with Crippen molar-refractivity contribution in [3.05, 3.63) is 12.2 Å². The Hall–Kier alpha value is -1.29. The fourth-order valence-electron chi connectivity index (χ4n) is 6.75. The zero-order valence-corrected chi connectivity index (χ0v) is 37.7. The van der Waals surface area contributed by atoms with E-state index in [1.807, 2.05) is 0 Å². The van der Waals surface area contributed by atoms with Gasteiger partial charge in [0.2, 0.25) is 0 Å². The number of hydrogen-bond donors (Lipinski definition) is 3. The van der Waals surface area contributed by atoms with Gasteiger partial charge in [0.25, 0.3) is 0 Å². The molecule has 0 radical (unpaired) electrons. The van der Waals surface area contributed by atoms with Gasteiger partial charge in [0, 0.05) is 12.8 Å². The first kappa shape index (κ1) is 55.7. The first-order chi connectivity index (χ1) is 27.7. The molecule has 0 amide bonds. The lowest BCUT2D eigenvalue weighted by atomic mass is 10.0. The number of phosphoric acid groups is 1. The molecule has 3 N–H and O–H groups in total. The lowest BCUT2D eigenvalue weighted by Crippen LogP contribution is -2.29. The number of unbranched alkanes of at least 4 members (excludes halogenated alkanes) is 29. The normalized spacial score (nSPS) is 13.8. The summed E-state index contributed by atoms with van der Waals surface area (Å²) < 4.78 is 32.8. The summed E-state index contributed by atoms with van der Waals surface area (Å²) in [6.07, 6.45) is 41.7. The summed E-state index contributed by atoms with van der Waals surface area (Å²) in [4.78, 5) is 35.1. The molecule has 0 saturated heterocycles. The lowest BCUT2D eigenvalue weighted by Gasteiger charge is -2.20. The topological polar surface area (TPSA) is 149 Å². The Morgan fingerprint density at radius 2 is 0.860 bits per heavy atom. The molecule has 3 atom stereocenters. The van der Waals surface area contributed by atoms with Crippen molar-refractivity contribution in [1.82, 2.24) is 0 Å². The molecular formula is C46H89O10P. The van der Waals surface area contributed by atoms with Crippen LogP contribution in [-0.2, 0) is 32.7 Å². The van der Waals surface area contributed by atoms with Gasteiger partial charge in [-0.2, -0.15) is 0 Å². The van der Waals surface area contributed by atoms with Crippen LogP contribution < -0.4 is 0 Å². The molecule has 0 aromatic carbocycles. The van der Waals surface area contributed by atoms with E-state index in [9.17, 15) is 24.2 Å². The number of rotatable bonds is 45. The molecular weight excluding hydrogens is 743 g/mol. The van der Waals surface area contributed by atoms with Gasteiger partial charge in [-0.25, -0.2) is 4.57 Å². The van der Waals surface area contributed by atoms with Gasteiger partial charge in [-0.3, -0.25) is 18.6 Å². The second-order valence-corrected chi connectivity index (χ2v) is 17.6. The predicted octanol–water partition coefficient (Wildman–Crippen LogP) is 12.8. The lowest BCUT2D eigenvalue weighted by molar-refractivity contribution is -0.161. The fourth-order valence-corrected chi connectivity index (χ4v) is 7.54. The Bertz CT molecular complexity index is 961. The molecule has 0 bridgehead atoms. The van der Waals surface area contributed by atoms with Gasteiger partial charge >= 0.3 is 19.8 Å². The third-order valence-electron chi connectivity index (χ3n) is 10.4. The van der Waals surface area contributed by atoms with Crippen LogP contribution in [0.4, 0.5) is 0 Å². The van der Waals surface area contributed by atoms with Gasteiger partial charge in [0.05, 0.1) is 19.8 Å². The first-order valence-corrected chi connectivity index (χ1v) is 25.1. The van der Waals surface area contributed by atoms with Crippen LogP contribution >= 0.6 is 7.82 Å². The monoisotopic (exact) mass is 833 g/mol. The quantitative estimate of drug-likeness (QED) is 0.0234. The van der Waals surface area contributed by atoms with E-state index in [4.69, 9.17) is 23.6 Å². The molecule has 0 aliphatic carbocycles. The molecule has 338 valence electrons. The number of aliphatic hydroxyl groups is 2. The molecule has 0 aromatic heterocycles. The van der Waals surface area contributed by atoms with E-state index < -0.39 is 51.8 Å². The van der Waals surface area contributed by atoms with Crippen molar-refractivity contribution in [2.45, 2.75) is 244 Å². The number of phosphoric ester groups is 1. The van der Waals surface area contributed by atoms with E-state index in [0.29, 0.717) is 12.8 Å². The number of esters is 2. The van der Waals surface area contributed by atoms with Gasteiger partial charge in [0.15, 0.2) is 6.10 Å². The fraction of sp³-hybridized carbons (Fsp3) is 0.913. The minimum Gasteiger partial charge on any atom is -0.462 e. The average Bonchev–Trinajstić information content (AvgIpc) is 3.20. The van der Waals surface area contributed by atoms with Crippen molar-refractivity contribution in [2.75, 3.05) is 26.4 Å². The number of aliphatic hydroxyl groups excluding tert-OH is 2. The standard InChI is InChI=1S/C46H89O10P/c1-3-5-7-9-11-13-15-17-19-20-21-22-24-26-28-30-32-34-36-38-46(50)56-44(42-55-57(51,52)54-40-43(48)39-47)41-53-45(49)37-35-33-31-29-27-25-23-18-16-14-12-10-8-6-4-2/h14,16,43-44,47-48H,3-13,15,17-42H2,1-2H3,(H,51,52)/b16-14+/t43-,44+/m0/s1. The highest BCUT2D eigenvalue weighted by Crippen LogP contribution is 2.43. The third kappa shape index (κ3) is 42.6. The molecule has 0 rings (SSSR count). The van der Waals surface area contributed by atoms with Gasteiger partial charge in [-0.15, -0.1) is 0 Å². The summed E-state index contributed by atoms with van der Waals surface area (Å²) in [5.74, 6) is -0.916. The minimum atomic E-state index is -4.61. The number of carbonyl (C=O) groups is 2. The Morgan fingerprint density at radius 3 is 1.28 bits per heavy atom. The van der Waals surface area contributed by atoms with Gasteiger partial charge < -0.3 is 24.6 Å². The molecule has 57 heavy (non-hydrogen) atoms. The molecule has 10 nitrogen and oxygen atoms in total. The molecule has 0 aromatic rings. The molecule has 0 spiro atoms. The molecule has 0 heterocycles. The van der Waals surface area contributed by atoms with Crippen LogP contribution in [0.3, 0.4) is 0 Å². The van der Waals surface area contributed by atoms with Crippen molar-refractivity contribution in [2.24, 2.45) is 0 Å². The van der Waals surface area contributed by atoms with Gasteiger partial charge in [0.1, 0.15) is 12.7 Å². The van der Waals surface area contributed by atoms with Crippen molar-refractivity contribution in [3.63, 3.8) is 0 Å². The summed E-state index contributed by atoms with van der Waals surface area (Å²) in [6.45, 7) is 2.41. The van der Waals surface area contributed by atoms with Gasteiger partial charge in [-0.05, 0) is 38.5 Å². The van der Waals surface area contributed by atoms with E-state index in [0.717, 1.165) is 44.9 Å². The average molecular weight is 833 g/mol. The zero-order valence-electron chi connectivity index (χ0n) is 36.8. The summed E-state index contributed by atoms with van der Waals surface area (Å²) in [5.41, 5.74) is 0. The summed E-state index contributed by atoms with van der Waals surface area (Å²) in [7, 11) is -4.61. The number of ether oxygens (including phenoxy) is 2. The maximum absolute atomic E-state index is 12.6. The van der Waals surface area contributed by atoms with Crippen molar-refractivity contribution in [3.8, 4) is 0 Å². The highest BCUT2D eigenvalue weighted by atomic mass is 31.2. The zero-order chi connectivity index (χ0) is 41.9. The summed E-state index contributed by atoms with van der Waals surface area (Å²) >= 11 is 0. The molecule has 1 unspecified atom stereocenters. The predicted molar refractivity (Wildman–Crippen MR) is 233 cm³/mol. The van der Waals surface area contributed by atoms with Crippen LogP contribution in [0.1, 0.15) is 232 Å². The highest BCUT2D eigenvalue weighted by molar-refractivity contribution is 7.47. The first-order valence-electron chi connectivity index (χ1n) is 23.6. The van der Waals surface area contributed by atoms with E-state index in [-0.39, 0.29) is 19.4 Å². The van der Waals surface area contributed by atoms with Crippen LogP contribution in [-0.4, -0.2) is 65.7 Å². The maximum Gasteiger partial charge on any atom is 0.472 e. The van der Waals surface area contributed by atoms with E-state index in [2.05, 4.69) is 26.0 Å². The van der Waals surface area contributed by atoms with Crippen molar-refractivity contribution >= 4 is 19.8 Å². The van der Waals surface area contributed by atoms with E-state index >= 15 is 0 Å². The van der Waals surface area contributed by atoms with E-state index in [1.165, 1.54) is 148 Å².